The molecule has 0 heterocycles. The molecule has 0 saturated heterocycles. The number of Topliss-reactive ketones (excluding diaryl/α,β-unsaturated/α-hetero) is 1. The lowest BCUT2D eigenvalue weighted by Gasteiger charge is -2.12. The topological polar surface area (TPSA) is 41.8 Å². The number of rotatable bonds is 4. The van der Waals surface area contributed by atoms with E-state index in [1.54, 1.807) is 6.92 Å². The zero-order chi connectivity index (χ0) is 17.1. The van der Waals surface area contributed by atoms with Gasteiger partial charge in [-0.15, -0.1) is 0 Å². The molecule has 0 N–H and O–H groups in total. The fraction of sp³-hybridized carbons (Fsp3) is 0.462. The molecular weight excluding hydrogens is 314 g/mol. The highest BCUT2D eigenvalue weighted by Gasteiger charge is 2.37. The summed E-state index contributed by atoms with van der Waals surface area (Å²) in [6, 6.07) is 0.00209. The summed E-state index contributed by atoms with van der Waals surface area (Å²) in [5.74, 6) is -0.380. The maximum absolute atomic E-state index is 12.6. The number of ketones is 1. The van der Waals surface area contributed by atoms with Gasteiger partial charge in [-0.05, 0) is 31.5 Å². The lowest BCUT2D eigenvalue weighted by Crippen LogP contribution is -2.12. The van der Waals surface area contributed by atoms with Gasteiger partial charge in [0.1, 0.15) is 6.04 Å². The molecule has 1 unspecified atom stereocenters. The van der Waals surface area contributed by atoms with Crippen LogP contribution in [0, 0.1) is 0 Å². The number of benzene rings is 1. The summed E-state index contributed by atoms with van der Waals surface area (Å²) in [5.41, 5.74) is -3.57. The highest BCUT2D eigenvalue weighted by Crippen LogP contribution is 2.38. The van der Waals surface area contributed by atoms with Crippen molar-refractivity contribution >= 4 is 11.5 Å². The summed E-state index contributed by atoms with van der Waals surface area (Å²) in [5, 5.41) is 6.85. The van der Waals surface area contributed by atoms with E-state index in [2.05, 4.69) is 10.2 Å². The van der Waals surface area contributed by atoms with Crippen LogP contribution < -0.4 is 0 Å². The van der Waals surface area contributed by atoms with Crippen LogP contribution in [0.3, 0.4) is 0 Å². The number of azo groups is 1. The Morgan fingerprint density at radius 1 is 1.05 bits per heavy atom. The Morgan fingerprint density at radius 2 is 1.50 bits per heavy atom. The molecule has 0 saturated carbocycles. The summed E-state index contributed by atoms with van der Waals surface area (Å²) in [4.78, 5) is 11.1. The first-order valence-corrected chi connectivity index (χ1v) is 6.16. The van der Waals surface area contributed by atoms with Crippen molar-refractivity contribution in [1.82, 2.24) is 0 Å². The Hall–Kier alpha value is -1.93. The van der Waals surface area contributed by atoms with E-state index in [-0.39, 0.29) is 18.3 Å². The summed E-state index contributed by atoms with van der Waals surface area (Å²) < 4.78 is 75.8. The van der Waals surface area contributed by atoms with Crippen molar-refractivity contribution in [3.63, 3.8) is 0 Å². The molecular formula is C13H12F6N2O. The van der Waals surface area contributed by atoms with Gasteiger partial charge in [0.05, 0.1) is 16.8 Å². The Bertz CT molecular complexity index is 545. The minimum Gasteiger partial charge on any atom is -0.298 e. The SMILES string of the molecule is CCC(N=Nc1cc(C(F)(F)F)cc(C(F)(F)F)c1)C(C)=O. The predicted octanol–water partition coefficient (Wildman–Crippen LogP) is 5.18. The van der Waals surface area contributed by atoms with Crippen LogP contribution >= 0.6 is 0 Å². The average molecular weight is 326 g/mol. The molecule has 0 spiro atoms. The van der Waals surface area contributed by atoms with E-state index in [1.165, 1.54) is 6.92 Å². The van der Waals surface area contributed by atoms with Gasteiger partial charge in [0.25, 0.3) is 0 Å². The number of carbonyl (C=O) groups is 1. The summed E-state index contributed by atoms with van der Waals surface area (Å²) in [7, 11) is 0. The number of carbonyl (C=O) groups excluding carboxylic acids is 1. The first-order chi connectivity index (χ1) is 9.95. The number of hydrogen-bond donors (Lipinski definition) is 0. The number of nitrogens with zero attached hydrogens (tertiary/aromatic N) is 2. The smallest absolute Gasteiger partial charge is 0.298 e. The fourth-order valence-electron chi connectivity index (χ4n) is 1.58. The van der Waals surface area contributed by atoms with Crippen LogP contribution in [0.4, 0.5) is 32.0 Å². The minimum atomic E-state index is -4.95. The maximum Gasteiger partial charge on any atom is 0.416 e. The average Bonchev–Trinajstić information content (AvgIpc) is 2.36. The molecule has 0 fully saturated rings. The Labute approximate surface area is 122 Å². The molecule has 0 aliphatic heterocycles. The minimum absolute atomic E-state index is 0.00129. The maximum atomic E-state index is 12.6. The Morgan fingerprint density at radius 3 is 1.82 bits per heavy atom. The largest absolute Gasteiger partial charge is 0.416 e. The molecule has 0 amide bonds. The molecule has 122 valence electrons. The predicted molar refractivity (Wildman–Crippen MR) is 65.7 cm³/mol. The monoisotopic (exact) mass is 326 g/mol. The lowest BCUT2D eigenvalue weighted by atomic mass is 10.1. The Kier molecular flexibility index (Phi) is 5.31. The van der Waals surface area contributed by atoms with Crippen molar-refractivity contribution in [2.24, 2.45) is 10.2 Å². The highest BCUT2D eigenvalue weighted by molar-refractivity contribution is 5.81. The first-order valence-electron chi connectivity index (χ1n) is 6.16. The van der Waals surface area contributed by atoms with E-state index < -0.39 is 35.2 Å². The quantitative estimate of drug-likeness (QED) is 0.555. The van der Waals surface area contributed by atoms with Gasteiger partial charge in [0.15, 0.2) is 5.78 Å². The highest BCUT2D eigenvalue weighted by atomic mass is 19.4. The summed E-state index contributed by atoms with van der Waals surface area (Å²) >= 11 is 0. The van der Waals surface area contributed by atoms with Crippen LogP contribution in [0.1, 0.15) is 31.4 Å². The normalized spacial score (nSPS) is 14.4. The van der Waals surface area contributed by atoms with Gasteiger partial charge >= 0.3 is 12.4 Å². The van der Waals surface area contributed by atoms with Crippen molar-refractivity contribution in [3.05, 3.63) is 29.3 Å². The van der Waals surface area contributed by atoms with Gasteiger partial charge in [0, 0.05) is 0 Å². The molecule has 3 nitrogen and oxygen atoms in total. The van der Waals surface area contributed by atoms with E-state index in [0.29, 0.717) is 12.1 Å². The number of halogens is 6. The third-order valence-electron chi connectivity index (χ3n) is 2.74. The Balaban J connectivity index is 3.30. The van der Waals surface area contributed by atoms with E-state index in [0.717, 1.165) is 0 Å². The molecule has 0 aromatic heterocycles. The molecule has 1 aromatic rings. The molecule has 9 heteroatoms. The zero-order valence-electron chi connectivity index (χ0n) is 11.6. The molecule has 22 heavy (non-hydrogen) atoms. The van der Waals surface area contributed by atoms with Crippen molar-refractivity contribution < 1.29 is 31.1 Å². The van der Waals surface area contributed by atoms with Gasteiger partial charge in [-0.2, -0.15) is 36.6 Å². The molecule has 1 atom stereocenters. The lowest BCUT2D eigenvalue weighted by molar-refractivity contribution is -0.143. The van der Waals surface area contributed by atoms with E-state index in [4.69, 9.17) is 0 Å². The van der Waals surface area contributed by atoms with E-state index in [9.17, 15) is 31.1 Å². The van der Waals surface area contributed by atoms with Gasteiger partial charge in [-0.25, -0.2) is 0 Å². The summed E-state index contributed by atoms with van der Waals surface area (Å²) in [6.45, 7) is 2.80. The van der Waals surface area contributed by atoms with Crippen LogP contribution in [0.2, 0.25) is 0 Å². The zero-order valence-corrected chi connectivity index (χ0v) is 11.6. The van der Waals surface area contributed by atoms with E-state index >= 15 is 0 Å². The van der Waals surface area contributed by atoms with Gasteiger partial charge in [0.2, 0.25) is 0 Å². The summed E-state index contributed by atoms with van der Waals surface area (Å²) in [6.07, 6.45) is -9.66. The van der Waals surface area contributed by atoms with Crippen LogP contribution in [0.5, 0.6) is 0 Å². The van der Waals surface area contributed by atoms with Crippen molar-refractivity contribution in [2.45, 2.75) is 38.7 Å². The van der Waals surface area contributed by atoms with Crippen LogP contribution in [0.15, 0.2) is 28.4 Å². The second kappa shape index (κ2) is 6.45. The van der Waals surface area contributed by atoms with Crippen molar-refractivity contribution in [2.75, 3.05) is 0 Å². The molecule has 1 rings (SSSR count). The first kappa shape index (κ1) is 18.1. The fourth-order valence-corrected chi connectivity index (χ4v) is 1.58. The standard InChI is InChI=1S/C13H12F6N2O/c1-3-11(7(2)22)21-20-10-5-8(12(14,15)16)4-9(6-10)13(17,18)19/h4-6,11H,3H2,1-2H3. The van der Waals surface area contributed by atoms with E-state index in [1.807, 2.05) is 0 Å². The second-order valence-corrected chi connectivity index (χ2v) is 4.51. The number of hydrogen-bond acceptors (Lipinski definition) is 3. The third kappa shape index (κ3) is 4.81. The van der Waals surface area contributed by atoms with Gasteiger partial charge < -0.3 is 0 Å². The molecule has 0 bridgehead atoms. The molecule has 0 aliphatic carbocycles. The van der Waals surface area contributed by atoms with Crippen LogP contribution in [0.25, 0.3) is 0 Å². The second-order valence-electron chi connectivity index (χ2n) is 4.51. The molecule has 1 aromatic carbocycles. The van der Waals surface area contributed by atoms with Gasteiger partial charge in [-0.1, -0.05) is 6.92 Å². The van der Waals surface area contributed by atoms with Crippen molar-refractivity contribution in [1.29, 1.82) is 0 Å². The third-order valence-corrected chi connectivity index (χ3v) is 2.74. The molecule has 0 aliphatic rings. The van der Waals surface area contributed by atoms with Crippen LogP contribution in [-0.4, -0.2) is 11.8 Å². The number of alkyl halides is 6. The van der Waals surface area contributed by atoms with Crippen LogP contribution in [-0.2, 0) is 17.1 Å². The van der Waals surface area contributed by atoms with Gasteiger partial charge in [-0.3, -0.25) is 4.79 Å². The van der Waals surface area contributed by atoms with Crippen molar-refractivity contribution in [3.8, 4) is 0 Å². The molecule has 0 radical (unpaired) electrons.